The van der Waals surface area contributed by atoms with Gasteiger partial charge in [0.25, 0.3) is 0 Å². The van der Waals surface area contributed by atoms with Gasteiger partial charge in [0.2, 0.25) is 0 Å². The van der Waals surface area contributed by atoms with Gasteiger partial charge in [0.05, 0.1) is 0 Å². The van der Waals surface area contributed by atoms with E-state index in [1.54, 1.807) is 0 Å². The van der Waals surface area contributed by atoms with Crippen LogP contribution in [0.2, 0.25) is 0 Å². The number of allylic oxidation sites excluding steroid dienone is 5. The largest absolute Gasteiger partial charge is 0.382 e. The molecule has 76 valence electrons. The normalized spacial score (nSPS) is 26.1. The molecule has 1 aliphatic carbocycles. The Labute approximate surface area is 86.6 Å². The maximum atomic E-state index is 3.64. The van der Waals surface area contributed by atoms with E-state index in [4.69, 9.17) is 0 Å². The van der Waals surface area contributed by atoms with Gasteiger partial charge in [0, 0.05) is 11.7 Å². The molecule has 0 radical (unpaired) electrons. The van der Waals surface area contributed by atoms with Crippen LogP contribution in [0.4, 0.5) is 0 Å². The first-order valence-corrected chi connectivity index (χ1v) is 5.60. The Morgan fingerprint density at radius 1 is 1.29 bits per heavy atom. The van der Waals surface area contributed by atoms with Crippen molar-refractivity contribution in [2.24, 2.45) is 5.92 Å². The third-order valence-electron chi connectivity index (χ3n) is 3.09. The van der Waals surface area contributed by atoms with Crippen molar-refractivity contribution in [2.75, 3.05) is 0 Å². The van der Waals surface area contributed by atoms with E-state index in [0.29, 0.717) is 6.04 Å². The highest BCUT2D eigenvalue weighted by Gasteiger charge is 2.20. The molecule has 1 heterocycles. The molecule has 1 atom stereocenters. The zero-order valence-electron chi connectivity index (χ0n) is 9.09. The van der Waals surface area contributed by atoms with Crippen molar-refractivity contribution in [3.8, 4) is 0 Å². The van der Waals surface area contributed by atoms with Gasteiger partial charge in [-0.3, -0.25) is 0 Å². The van der Waals surface area contributed by atoms with Crippen molar-refractivity contribution < 1.29 is 0 Å². The van der Waals surface area contributed by atoms with Crippen molar-refractivity contribution in [1.29, 1.82) is 0 Å². The van der Waals surface area contributed by atoms with E-state index in [-0.39, 0.29) is 0 Å². The van der Waals surface area contributed by atoms with Crippen molar-refractivity contribution in [3.63, 3.8) is 0 Å². The maximum Gasteiger partial charge on any atom is 0.0371 e. The fourth-order valence-corrected chi connectivity index (χ4v) is 2.11. The Bertz CT molecular complexity index is 294. The third-order valence-corrected chi connectivity index (χ3v) is 3.09. The quantitative estimate of drug-likeness (QED) is 0.668. The Hall–Kier alpha value is -0.980. The summed E-state index contributed by atoms with van der Waals surface area (Å²) in [6, 6.07) is 0.657. The summed E-state index contributed by atoms with van der Waals surface area (Å²) in [5.41, 5.74) is 2.83. The van der Waals surface area contributed by atoms with Crippen molar-refractivity contribution >= 4 is 0 Å². The lowest BCUT2D eigenvalue weighted by molar-refractivity contribution is 0.393. The fraction of sp³-hybridized carbons (Fsp3) is 0.538. The van der Waals surface area contributed by atoms with Gasteiger partial charge in [-0.2, -0.15) is 0 Å². The fourth-order valence-electron chi connectivity index (χ4n) is 2.11. The van der Waals surface area contributed by atoms with Crippen LogP contribution < -0.4 is 5.32 Å². The summed E-state index contributed by atoms with van der Waals surface area (Å²) < 4.78 is 0. The average molecular weight is 189 g/mol. The molecular formula is C13H19N. The van der Waals surface area contributed by atoms with Crippen LogP contribution >= 0.6 is 0 Å². The minimum Gasteiger partial charge on any atom is -0.382 e. The first-order chi connectivity index (χ1) is 6.77. The third kappa shape index (κ3) is 1.92. The van der Waals surface area contributed by atoms with Gasteiger partial charge < -0.3 is 5.32 Å². The summed E-state index contributed by atoms with van der Waals surface area (Å²) in [6.45, 7) is 4.58. The van der Waals surface area contributed by atoms with Gasteiger partial charge >= 0.3 is 0 Å². The Morgan fingerprint density at radius 2 is 2.07 bits per heavy atom. The number of hydrogen-bond acceptors (Lipinski definition) is 1. The molecule has 2 aliphatic rings. The highest BCUT2D eigenvalue weighted by atomic mass is 14.9. The van der Waals surface area contributed by atoms with E-state index in [9.17, 15) is 0 Å². The molecule has 1 heteroatoms. The van der Waals surface area contributed by atoms with Crippen LogP contribution in [0.5, 0.6) is 0 Å². The molecule has 2 rings (SSSR count). The number of nitrogens with one attached hydrogen (secondary N) is 1. The van der Waals surface area contributed by atoms with Crippen molar-refractivity contribution in [1.82, 2.24) is 5.32 Å². The average Bonchev–Trinajstić information content (AvgIpc) is 2.41. The molecule has 0 saturated heterocycles. The topological polar surface area (TPSA) is 12.0 Å². The van der Waals surface area contributed by atoms with Crippen LogP contribution in [0, 0.1) is 5.92 Å². The highest BCUT2D eigenvalue weighted by Crippen LogP contribution is 2.25. The molecule has 1 aliphatic heterocycles. The first-order valence-electron chi connectivity index (χ1n) is 5.60. The molecule has 0 spiro atoms. The van der Waals surface area contributed by atoms with Gasteiger partial charge in [-0.25, -0.2) is 0 Å². The van der Waals surface area contributed by atoms with Gasteiger partial charge in [-0.15, -0.1) is 0 Å². The Balaban J connectivity index is 2.17. The van der Waals surface area contributed by atoms with E-state index in [1.165, 1.54) is 24.1 Å². The van der Waals surface area contributed by atoms with Crippen LogP contribution in [-0.2, 0) is 0 Å². The molecule has 0 bridgehead atoms. The monoisotopic (exact) mass is 189 g/mol. The zero-order chi connectivity index (χ0) is 9.97. The predicted molar refractivity (Wildman–Crippen MR) is 60.9 cm³/mol. The maximum absolute atomic E-state index is 3.64. The predicted octanol–water partition coefficient (Wildman–Crippen LogP) is 3.16. The molecule has 1 N–H and O–H groups in total. The molecular weight excluding hydrogens is 170 g/mol. The molecule has 0 aromatic heterocycles. The lowest BCUT2D eigenvalue weighted by Gasteiger charge is -2.29. The lowest BCUT2D eigenvalue weighted by atomic mass is 9.91. The molecule has 1 nitrogen and oxygen atoms in total. The van der Waals surface area contributed by atoms with Crippen LogP contribution in [-0.4, -0.2) is 6.04 Å². The Kier molecular flexibility index (Phi) is 2.76. The van der Waals surface area contributed by atoms with Crippen LogP contribution in [0.1, 0.15) is 33.1 Å². The molecule has 1 unspecified atom stereocenters. The second-order valence-corrected chi connectivity index (χ2v) is 4.51. The summed E-state index contributed by atoms with van der Waals surface area (Å²) in [5.74, 6) is 0.727. The van der Waals surface area contributed by atoms with E-state index < -0.39 is 0 Å². The van der Waals surface area contributed by atoms with Gasteiger partial charge in [-0.05, 0) is 36.8 Å². The second kappa shape index (κ2) is 4.04. The SMILES string of the molecule is CC(C)C1CCC2=C(C=CCC=C2)N1. The summed E-state index contributed by atoms with van der Waals surface area (Å²) in [6.07, 6.45) is 12.6. The second-order valence-electron chi connectivity index (χ2n) is 4.51. The van der Waals surface area contributed by atoms with Crippen LogP contribution in [0.3, 0.4) is 0 Å². The van der Waals surface area contributed by atoms with E-state index in [0.717, 1.165) is 12.3 Å². The summed E-state index contributed by atoms with van der Waals surface area (Å²) >= 11 is 0. The minimum absolute atomic E-state index is 0.657. The van der Waals surface area contributed by atoms with E-state index in [1.807, 2.05) is 0 Å². The highest BCUT2D eigenvalue weighted by molar-refractivity contribution is 5.36. The van der Waals surface area contributed by atoms with Gasteiger partial charge in [0.15, 0.2) is 0 Å². The molecule has 0 aromatic carbocycles. The molecule has 14 heavy (non-hydrogen) atoms. The summed E-state index contributed by atoms with van der Waals surface area (Å²) in [7, 11) is 0. The minimum atomic E-state index is 0.657. The standard InChI is InChI=1S/C13H19N/c1-10(2)12-9-8-11-6-4-3-5-7-13(11)14-12/h4-7,10,12,14H,3,8-9H2,1-2H3. The molecule has 0 amide bonds. The van der Waals surface area contributed by atoms with Gasteiger partial charge in [-0.1, -0.05) is 32.1 Å². The number of hydrogen-bond donors (Lipinski definition) is 1. The molecule has 0 aromatic rings. The van der Waals surface area contributed by atoms with Gasteiger partial charge in [0.1, 0.15) is 0 Å². The van der Waals surface area contributed by atoms with Crippen LogP contribution in [0.25, 0.3) is 0 Å². The summed E-state index contributed by atoms with van der Waals surface area (Å²) in [5, 5.41) is 3.64. The smallest absolute Gasteiger partial charge is 0.0371 e. The molecule has 0 saturated carbocycles. The van der Waals surface area contributed by atoms with Crippen molar-refractivity contribution in [2.45, 2.75) is 39.2 Å². The van der Waals surface area contributed by atoms with E-state index in [2.05, 4.69) is 43.5 Å². The summed E-state index contributed by atoms with van der Waals surface area (Å²) in [4.78, 5) is 0. The lowest BCUT2D eigenvalue weighted by Crippen LogP contribution is -2.36. The number of rotatable bonds is 1. The first kappa shape index (κ1) is 9.57. The van der Waals surface area contributed by atoms with Crippen LogP contribution in [0.15, 0.2) is 35.6 Å². The van der Waals surface area contributed by atoms with Crippen molar-refractivity contribution in [3.05, 3.63) is 35.6 Å². The Morgan fingerprint density at radius 3 is 2.86 bits per heavy atom. The van der Waals surface area contributed by atoms with E-state index >= 15 is 0 Å². The molecule has 0 fully saturated rings. The zero-order valence-corrected chi connectivity index (χ0v) is 9.09.